The molecule has 0 radical (unpaired) electrons. The van der Waals surface area contributed by atoms with E-state index in [2.05, 4.69) is 0 Å². The van der Waals surface area contributed by atoms with Crippen LogP contribution in [-0.4, -0.2) is 69.5 Å². The fraction of sp³-hybridized carbons (Fsp3) is 0.800. The minimum Gasteiger partial charge on any atom is -0.480 e. The van der Waals surface area contributed by atoms with Gasteiger partial charge in [0.05, 0.1) is 0 Å². The summed E-state index contributed by atoms with van der Waals surface area (Å²) in [5.41, 5.74) is 0. The predicted molar refractivity (Wildman–Crippen MR) is 104 cm³/mol. The molecule has 0 spiro atoms. The number of ketones is 1. The van der Waals surface area contributed by atoms with Gasteiger partial charge in [0.25, 0.3) is 10.1 Å². The van der Waals surface area contributed by atoms with Crippen molar-refractivity contribution < 1.29 is 32.5 Å². The van der Waals surface area contributed by atoms with Gasteiger partial charge in [-0.3, -0.25) is 14.1 Å². The zero-order chi connectivity index (χ0) is 20.7. The van der Waals surface area contributed by atoms with Crippen LogP contribution in [-0.2, 0) is 24.5 Å². The summed E-state index contributed by atoms with van der Waals surface area (Å²) < 4.78 is 31.0. The summed E-state index contributed by atoms with van der Waals surface area (Å²) in [6.45, 7) is 6.41. The second kappa shape index (κ2) is 10.5. The van der Waals surface area contributed by atoms with Gasteiger partial charge in [0.2, 0.25) is 5.91 Å². The molecule has 0 saturated heterocycles. The summed E-state index contributed by atoms with van der Waals surface area (Å²) in [6, 6.07) is -0.892. The fourth-order valence-corrected chi connectivity index (χ4v) is 5.58. The molecule has 2 unspecified atom stereocenters. The number of likely N-dealkylation sites (N-methyl/N-ethyl adjacent to an activating group) is 1. The molecule has 0 rings (SSSR count). The summed E-state index contributed by atoms with van der Waals surface area (Å²) in [7, 11) is -0.128. The number of amides is 1. The van der Waals surface area contributed by atoms with E-state index in [0.29, 0.717) is 12.2 Å². The van der Waals surface area contributed by atoms with Crippen LogP contribution >= 0.6 is 21.6 Å². The summed E-state index contributed by atoms with van der Waals surface area (Å²) in [6.07, 6.45) is 0.712. The molecule has 0 aliphatic heterocycles. The third kappa shape index (κ3) is 9.24. The summed E-state index contributed by atoms with van der Waals surface area (Å²) in [5.74, 6) is -1.58. The molecule has 11 heteroatoms. The molecule has 0 aromatic rings. The Morgan fingerprint density at radius 3 is 2.19 bits per heavy atom. The molecular formula is C15H27NO7S3. The molecule has 0 aliphatic carbocycles. The lowest BCUT2D eigenvalue weighted by Gasteiger charge is -2.26. The van der Waals surface area contributed by atoms with Crippen LogP contribution in [0.25, 0.3) is 0 Å². The van der Waals surface area contributed by atoms with E-state index < -0.39 is 33.2 Å². The van der Waals surface area contributed by atoms with Gasteiger partial charge in [-0.1, -0.05) is 21.6 Å². The third-order valence-corrected chi connectivity index (χ3v) is 8.50. The molecule has 8 nitrogen and oxygen atoms in total. The second-order valence-corrected chi connectivity index (χ2v) is 11.3. The highest BCUT2D eigenvalue weighted by atomic mass is 33.1. The Morgan fingerprint density at radius 2 is 1.77 bits per heavy atom. The Balaban J connectivity index is 4.40. The van der Waals surface area contributed by atoms with Crippen LogP contribution in [0.5, 0.6) is 0 Å². The minimum atomic E-state index is -4.40. The van der Waals surface area contributed by atoms with Gasteiger partial charge in [-0.05, 0) is 40.5 Å². The zero-order valence-electron chi connectivity index (χ0n) is 15.6. The number of nitrogens with zero attached hydrogens (tertiary/aromatic N) is 1. The van der Waals surface area contributed by atoms with Crippen LogP contribution in [0.2, 0.25) is 0 Å². The van der Waals surface area contributed by atoms with Crippen LogP contribution < -0.4 is 0 Å². The first-order chi connectivity index (χ1) is 11.7. The third-order valence-electron chi connectivity index (χ3n) is 3.83. The molecule has 0 aliphatic rings. The molecule has 152 valence electrons. The highest BCUT2D eigenvalue weighted by Gasteiger charge is 2.28. The van der Waals surface area contributed by atoms with Crippen LogP contribution in [0.1, 0.15) is 47.0 Å². The van der Waals surface area contributed by atoms with Crippen molar-refractivity contribution in [1.82, 2.24) is 4.90 Å². The summed E-state index contributed by atoms with van der Waals surface area (Å²) >= 11 is 0. The first-order valence-corrected chi connectivity index (χ1v) is 11.8. The Hall–Kier alpha value is -0.780. The molecule has 0 aromatic carbocycles. The molecule has 0 saturated carbocycles. The Labute approximate surface area is 162 Å². The van der Waals surface area contributed by atoms with Crippen molar-refractivity contribution in [3.63, 3.8) is 0 Å². The van der Waals surface area contributed by atoms with Crippen molar-refractivity contribution in [1.29, 1.82) is 0 Å². The van der Waals surface area contributed by atoms with Crippen LogP contribution in [0, 0.1) is 0 Å². The van der Waals surface area contributed by atoms with Crippen LogP contribution in [0.15, 0.2) is 0 Å². The summed E-state index contributed by atoms with van der Waals surface area (Å²) in [5, 5.41) is 7.52. The molecule has 2 atom stereocenters. The number of carbonyl (C=O) groups is 3. The number of Topliss-reactive ketones (excluding diaryl/α,β-unsaturated/α-hetero) is 1. The maximum atomic E-state index is 12.1. The zero-order valence-corrected chi connectivity index (χ0v) is 18.0. The van der Waals surface area contributed by atoms with E-state index in [1.165, 1.54) is 40.5 Å². The van der Waals surface area contributed by atoms with Crippen molar-refractivity contribution in [2.24, 2.45) is 0 Å². The standard InChI is InChI=1S/C15H27NO7S3/c1-10(14(19)20)16(5)13(18)6-8-15(3,4)25-24-9-7-12(11(2)17)26(21,22)23/h10,12H,6-9H2,1-5H3,(H,19,20)(H,21,22,23). The Kier molecular flexibility index (Phi) is 10.2. The highest BCUT2D eigenvalue weighted by Crippen LogP contribution is 2.39. The van der Waals surface area contributed by atoms with Crippen molar-refractivity contribution >= 4 is 49.4 Å². The van der Waals surface area contributed by atoms with Crippen molar-refractivity contribution in [2.75, 3.05) is 12.8 Å². The molecule has 1 amide bonds. The number of carbonyl (C=O) groups excluding carboxylic acids is 2. The van der Waals surface area contributed by atoms with Gasteiger partial charge in [0, 0.05) is 24.0 Å². The Bertz CT molecular complexity index is 619. The molecule has 26 heavy (non-hydrogen) atoms. The maximum Gasteiger partial charge on any atom is 0.326 e. The second-order valence-electron chi connectivity index (χ2n) is 6.59. The van der Waals surface area contributed by atoms with E-state index in [4.69, 9.17) is 9.66 Å². The molecular weight excluding hydrogens is 402 g/mol. The quantitative estimate of drug-likeness (QED) is 0.272. The minimum absolute atomic E-state index is 0.0136. The normalized spacial score (nSPS) is 14.5. The monoisotopic (exact) mass is 429 g/mol. The van der Waals surface area contributed by atoms with Gasteiger partial charge < -0.3 is 10.0 Å². The lowest BCUT2D eigenvalue weighted by atomic mass is 10.1. The number of carboxylic acid groups (broad SMARTS) is 1. The summed E-state index contributed by atoms with van der Waals surface area (Å²) in [4.78, 5) is 35.4. The number of hydrogen-bond donors (Lipinski definition) is 2. The number of rotatable bonds is 12. The number of aliphatic carboxylic acids is 1. The van der Waals surface area contributed by atoms with E-state index in [9.17, 15) is 22.8 Å². The molecule has 0 bridgehead atoms. The van der Waals surface area contributed by atoms with Gasteiger partial charge in [-0.2, -0.15) is 8.42 Å². The van der Waals surface area contributed by atoms with Crippen molar-refractivity contribution in [3.05, 3.63) is 0 Å². The molecule has 0 fully saturated rings. The van der Waals surface area contributed by atoms with Gasteiger partial charge >= 0.3 is 5.97 Å². The lowest BCUT2D eigenvalue weighted by Crippen LogP contribution is -2.40. The lowest BCUT2D eigenvalue weighted by molar-refractivity contribution is -0.148. The van der Waals surface area contributed by atoms with Crippen LogP contribution in [0.3, 0.4) is 0 Å². The first kappa shape index (κ1) is 25.2. The van der Waals surface area contributed by atoms with E-state index in [0.717, 1.165) is 6.92 Å². The molecule has 2 N–H and O–H groups in total. The maximum absolute atomic E-state index is 12.1. The van der Waals surface area contributed by atoms with Gasteiger partial charge in [-0.25, -0.2) is 4.79 Å². The predicted octanol–water partition coefficient (Wildman–Crippen LogP) is 2.09. The number of hydrogen-bond acceptors (Lipinski definition) is 7. The largest absolute Gasteiger partial charge is 0.480 e. The molecule has 0 heterocycles. The Morgan fingerprint density at radius 1 is 1.23 bits per heavy atom. The average Bonchev–Trinajstić information content (AvgIpc) is 2.49. The van der Waals surface area contributed by atoms with Gasteiger partial charge in [0.1, 0.15) is 17.1 Å². The van der Waals surface area contributed by atoms with E-state index in [1.807, 2.05) is 13.8 Å². The average molecular weight is 430 g/mol. The number of carboxylic acids is 1. The van der Waals surface area contributed by atoms with Crippen molar-refractivity contribution in [3.8, 4) is 0 Å². The SMILES string of the molecule is CC(=O)C(CCSSC(C)(C)CCC(=O)N(C)C(C)C(=O)O)S(=O)(=O)O. The van der Waals surface area contributed by atoms with Gasteiger partial charge in [0.15, 0.2) is 0 Å². The van der Waals surface area contributed by atoms with Crippen molar-refractivity contribution in [2.45, 2.75) is 63.0 Å². The van der Waals surface area contributed by atoms with E-state index in [-0.39, 0.29) is 23.5 Å². The smallest absolute Gasteiger partial charge is 0.326 e. The van der Waals surface area contributed by atoms with E-state index in [1.54, 1.807) is 0 Å². The van der Waals surface area contributed by atoms with Gasteiger partial charge in [-0.15, -0.1) is 0 Å². The van der Waals surface area contributed by atoms with Crippen LogP contribution in [0.4, 0.5) is 0 Å². The highest BCUT2D eigenvalue weighted by molar-refractivity contribution is 8.77. The topological polar surface area (TPSA) is 129 Å². The first-order valence-electron chi connectivity index (χ1n) is 7.95. The molecule has 0 aromatic heterocycles. The van der Waals surface area contributed by atoms with E-state index >= 15 is 0 Å². The fourth-order valence-electron chi connectivity index (χ4n) is 1.93.